The van der Waals surface area contributed by atoms with E-state index in [0.717, 1.165) is 17.9 Å². The Balaban J connectivity index is 1.66. The molecule has 19 heavy (non-hydrogen) atoms. The van der Waals surface area contributed by atoms with Crippen LogP contribution in [0, 0.1) is 5.41 Å². The van der Waals surface area contributed by atoms with E-state index in [9.17, 15) is 0 Å². The van der Waals surface area contributed by atoms with Gasteiger partial charge in [-0.15, -0.1) is 0 Å². The zero-order valence-corrected chi connectivity index (χ0v) is 11.4. The van der Waals surface area contributed by atoms with Crippen LogP contribution in [0.3, 0.4) is 0 Å². The molecule has 0 aromatic carbocycles. The van der Waals surface area contributed by atoms with Crippen molar-refractivity contribution in [2.75, 3.05) is 5.32 Å². The summed E-state index contributed by atoms with van der Waals surface area (Å²) in [7, 11) is 0. The Morgan fingerprint density at radius 3 is 3.00 bits per heavy atom. The highest BCUT2D eigenvalue weighted by Gasteiger charge is 2.55. The number of anilines is 1. The third-order valence-corrected chi connectivity index (χ3v) is 5.03. The summed E-state index contributed by atoms with van der Waals surface area (Å²) in [5.74, 6) is 1.02. The van der Waals surface area contributed by atoms with Crippen LogP contribution < -0.4 is 5.32 Å². The number of rotatable bonds is 3. The van der Waals surface area contributed by atoms with Crippen LogP contribution in [-0.2, 0) is 6.42 Å². The maximum atomic E-state index is 4.48. The quantitative estimate of drug-likeness (QED) is 0.886. The lowest BCUT2D eigenvalue weighted by atomic mass is 10.1. The van der Waals surface area contributed by atoms with E-state index in [1.807, 2.05) is 0 Å². The first-order chi connectivity index (χ1) is 9.32. The number of hydrogen-bond donors (Lipinski definition) is 2. The third-order valence-electron chi connectivity index (χ3n) is 5.03. The Morgan fingerprint density at radius 1 is 1.37 bits per heavy atom. The number of aromatic nitrogens is 3. The van der Waals surface area contributed by atoms with Crippen LogP contribution in [0.5, 0.6) is 0 Å². The van der Waals surface area contributed by atoms with Crippen LogP contribution in [0.2, 0.25) is 0 Å². The second-order valence-corrected chi connectivity index (χ2v) is 6.08. The maximum absolute atomic E-state index is 4.48. The molecule has 2 fully saturated rings. The van der Waals surface area contributed by atoms with Gasteiger partial charge in [-0.1, -0.05) is 19.8 Å². The standard InChI is InChI=1S/C15H20N4/c1-2-10-8-16-13-12(10)14(18-9-17-13)19-11-7-15(11)5-3-4-6-15/h8-9,11H,2-7H2,1H3,(H2,16,17,18,19). The summed E-state index contributed by atoms with van der Waals surface area (Å²) in [4.78, 5) is 12.0. The van der Waals surface area contributed by atoms with Crippen molar-refractivity contribution in [3.63, 3.8) is 0 Å². The molecule has 2 heterocycles. The van der Waals surface area contributed by atoms with Gasteiger partial charge in [0.05, 0.1) is 5.39 Å². The second-order valence-electron chi connectivity index (χ2n) is 6.08. The SMILES string of the molecule is CCc1c[nH]c2ncnc(NC3CC34CCCC4)c12. The van der Waals surface area contributed by atoms with E-state index in [2.05, 4.69) is 33.4 Å². The number of H-pyrrole nitrogens is 1. The largest absolute Gasteiger partial charge is 0.366 e. The normalized spacial score (nSPS) is 24.2. The van der Waals surface area contributed by atoms with Gasteiger partial charge in [0, 0.05) is 12.2 Å². The predicted molar refractivity (Wildman–Crippen MR) is 76.2 cm³/mol. The van der Waals surface area contributed by atoms with E-state index < -0.39 is 0 Å². The topological polar surface area (TPSA) is 53.6 Å². The first-order valence-electron chi connectivity index (χ1n) is 7.40. The number of nitrogens with zero attached hydrogens (tertiary/aromatic N) is 2. The predicted octanol–water partition coefficient (Wildman–Crippen LogP) is 3.26. The molecule has 1 spiro atoms. The average molecular weight is 256 g/mol. The lowest BCUT2D eigenvalue weighted by Gasteiger charge is -2.11. The number of aromatic amines is 1. The van der Waals surface area contributed by atoms with Gasteiger partial charge in [-0.3, -0.25) is 0 Å². The van der Waals surface area contributed by atoms with E-state index in [-0.39, 0.29) is 0 Å². The molecule has 4 rings (SSSR count). The molecule has 1 atom stereocenters. The lowest BCUT2D eigenvalue weighted by Crippen LogP contribution is -2.12. The number of nitrogens with one attached hydrogen (secondary N) is 2. The fraction of sp³-hybridized carbons (Fsp3) is 0.600. The van der Waals surface area contributed by atoms with E-state index in [1.165, 1.54) is 43.1 Å². The highest BCUT2D eigenvalue weighted by atomic mass is 15.1. The summed E-state index contributed by atoms with van der Waals surface area (Å²) in [6.45, 7) is 2.18. The van der Waals surface area contributed by atoms with E-state index in [1.54, 1.807) is 6.33 Å². The molecule has 0 bridgehead atoms. The number of aryl methyl sites for hydroxylation is 1. The van der Waals surface area contributed by atoms with Crippen molar-refractivity contribution in [1.29, 1.82) is 0 Å². The number of fused-ring (bicyclic) bond motifs is 1. The van der Waals surface area contributed by atoms with Gasteiger partial charge in [-0.05, 0) is 36.7 Å². The fourth-order valence-electron chi connectivity index (χ4n) is 3.76. The van der Waals surface area contributed by atoms with Crippen molar-refractivity contribution in [2.24, 2.45) is 5.41 Å². The van der Waals surface area contributed by atoms with Crippen molar-refractivity contribution in [1.82, 2.24) is 15.0 Å². The summed E-state index contributed by atoms with van der Waals surface area (Å²) in [5.41, 5.74) is 2.86. The Kier molecular flexibility index (Phi) is 2.34. The van der Waals surface area contributed by atoms with Crippen LogP contribution in [0.25, 0.3) is 11.0 Å². The molecule has 2 aliphatic rings. The Morgan fingerprint density at radius 2 is 2.21 bits per heavy atom. The summed E-state index contributed by atoms with van der Waals surface area (Å²) in [6.07, 6.45) is 11.7. The fourth-order valence-corrected chi connectivity index (χ4v) is 3.76. The van der Waals surface area contributed by atoms with Gasteiger partial charge in [0.1, 0.15) is 17.8 Å². The smallest absolute Gasteiger partial charge is 0.143 e. The van der Waals surface area contributed by atoms with Crippen LogP contribution >= 0.6 is 0 Å². The molecule has 2 N–H and O–H groups in total. The molecule has 0 amide bonds. The summed E-state index contributed by atoms with van der Waals surface area (Å²) >= 11 is 0. The second kappa shape index (κ2) is 3.95. The Labute approximate surface area is 113 Å². The third kappa shape index (κ3) is 1.66. The summed E-state index contributed by atoms with van der Waals surface area (Å²) in [5, 5.41) is 4.87. The van der Waals surface area contributed by atoms with Gasteiger partial charge in [0.2, 0.25) is 0 Å². The van der Waals surface area contributed by atoms with Gasteiger partial charge in [-0.2, -0.15) is 0 Å². The zero-order valence-electron chi connectivity index (χ0n) is 11.4. The van der Waals surface area contributed by atoms with Gasteiger partial charge < -0.3 is 10.3 Å². The molecule has 2 aliphatic carbocycles. The minimum absolute atomic E-state index is 0.597. The van der Waals surface area contributed by atoms with Crippen LogP contribution in [0.4, 0.5) is 5.82 Å². The van der Waals surface area contributed by atoms with Crippen molar-refractivity contribution in [2.45, 2.75) is 51.5 Å². The van der Waals surface area contributed by atoms with Crippen molar-refractivity contribution < 1.29 is 0 Å². The maximum Gasteiger partial charge on any atom is 0.143 e. The molecule has 0 saturated heterocycles. The monoisotopic (exact) mass is 256 g/mol. The van der Waals surface area contributed by atoms with Gasteiger partial charge >= 0.3 is 0 Å². The summed E-state index contributed by atoms with van der Waals surface area (Å²) in [6, 6.07) is 0.632. The van der Waals surface area contributed by atoms with Crippen molar-refractivity contribution in [3.05, 3.63) is 18.1 Å². The average Bonchev–Trinajstić information content (AvgIpc) is 2.83. The molecular weight excluding hydrogens is 236 g/mol. The molecule has 4 heteroatoms. The zero-order chi connectivity index (χ0) is 12.9. The van der Waals surface area contributed by atoms with Gasteiger partial charge in [0.15, 0.2) is 0 Å². The Bertz CT molecular complexity index is 610. The van der Waals surface area contributed by atoms with Crippen molar-refractivity contribution in [3.8, 4) is 0 Å². The molecular formula is C15H20N4. The number of hydrogen-bond acceptors (Lipinski definition) is 3. The molecule has 100 valence electrons. The van der Waals surface area contributed by atoms with Gasteiger partial charge in [-0.25, -0.2) is 9.97 Å². The van der Waals surface area contributed by atoms with Crippen LogP contribution in [0.1, 0.15) is 44.6 Å². The molecule has 0 aliphatic heterocycles. The van der Waals surface area contributed by atoms with E-state index >= 15 is 0 Å². The van der Waals surface area contributed by atoms with Crippen molar-refractivity contribution >= 4 is 16.9 Å². The minimum Gasteiger partial charge on any atom is -0.366 e. The van der Waals surface area contributed by atoms with E-state index in [4.69, 9.17) is 0 Å². The molecule has 2 aromatic rings. The lowest BCUT2D eigenvalue weighted by molar-refractivity contribution is 0.519. The molecule has 0 radical (unpaired) electrons. The van der Waals surface area contributed by atoms with Crippen LogP contribution in [0.15, 0.2) is 12.5 Å². The molecule has 4 nitrogen and oxygen atoms in total. The molecule has 2 saturated carbocycles. The van der Waals surface area contributed by atoms with Crippen LogP contribution in [-0.4, -0.2) is 21.0 Å². The summed E-state index contributed by atoms with van der Waals surface area (Å²) < 4.78 is 0. The van der Waals surface area contributed by atoms with Gasteiger partial charge in [0.25, 0.3) is 0 Å². The minimum atomic E-state index is 0.597. The Hall–Kier alpha value is -1.58. The molecule has 1 unspecified atom stereocenters. The molecule has 2 aromatic heterocycles. The first-order valence-corrected chi connectivity index (χ1v) is 7.40. The highest BCUT2D eigenvalue weighted by Crippen LogP contribution is 2.59. The first kappa shape index (κ1) is 11.3. The van der Waals surface area contributed by atoms with E-state index in [0.29, 0.717) is 11.5 Å². The highest BCUT2D eigenvalue weighted by molar-refractivity contribution is 5.90.